The Kier molecular flexibility index (Phi) is 7.57. The highest BCUT2D eigenvalue weighted by Crippen LogP contribution is 2.31. The third-order valence-corrected chi connectivity index (χ3v) is 8.20. The first-order valence-electron chi connectivity index (χ1n) is 12.4. The highest BCUT2D eigenvalue weighted by molar-refractivity contribution is 7.12. The lowest BCUT2D eigenvalue weighted by atomic mass is 9.93. The fourth-order valence-electron chi connectivity index (χ4n) is 5.20. The summed E-state index contributed by atoms with van der Waals surface area (Å²) in [6.45, 7) is 3.65. The molecule has 5 rings (SSSR count). The van der Waals surface area contributed by atoms with Gasteiger partial charge in [-0.1, -0.05) is 6.07 Å². The van der Waals surface area contributed by atoms with E-state index in [0.29, 0.717) is 32.2 Å². The molecule has 0 radical (unpaired) electrons. The number of nitrogens with zero attached hydrogens (tertiary/aromatic N) is 3. The Labute approximate surface area is 205 Å². The fraction of sp³-hybridized carbons (Fsp3) is 0.577. The lowest BCUT2D eigenvalue weighted by Gasteiger charge is -2.30. The van der Waals surface area contributed by atoms with E-state index in [4.69, 9.17) is 9.47 Å². The highest BCUT2D eigenvalue weighted by Gasteiger charge is 2.34. The molecule has 0 bridgehead atoms. The van der Waals surface area contributed by atoms with E-state index in [1.807, 2.05) is 17.0 Å². The van der Waals surface area contributed by atoms with Gasteiger partial charge < -0.3 is 19.3 Å². The van der Waals surface area contributed by atoms with E-state index in [0.717, 1.165) is 55.8 Å². The lowest BCUT2D eigenvalue weighted by Crippen LogP contribution is -2.42. The largest absolute Gasteiger partial charge is 0.381 e. The first-order valence-corrected chi connectivity index (χ1v) is 13.3. The summed E-state index contributed by atoms with van der Waals surface area (Å²) in [5, 5.41) is 2.13. The number of aryl methyl sites for hydroxylation is 1. The number of hydrogen-bond donors (Lipinski definition) is 0. The van der Waals surface area contributed by atoms with Crippen molar-refractivity contribution >= 4 is 23.2 Å². The maximum atomic E-state index is 13.6. The normalized spacial score (nSPS) is 21.9. The van der Waals surface area contributed by atoms with Crippen LogP contribution in [0.15, 0.2) is 29.9 Å². The molecule has 3 aliphatic rings. The maximum Gasteiger partial charge on any atom is 0.264 e. The molecular formula is C26H33N3O4S. The van der Waals surface area contributed by atoms with Crippen LogP contribution in [0.2, 0.25) is 0 Å². The summed E-state index contributed by atoms with van der Waals surface area (Å²) in [7, 11) is 0. The molecule has 2 aromatic rings. The third-order valence-electron chi connectivity index (χ3n) is 7.14. The zero-order valence-corrected chi connectivity index (χ0v) is 20.4. The number of carbonyl (C=O) groups excluding carboxylic acids is 2. The van der Waals surface area contributed by atoms with E-state index < -0.39 is 0 Å². The summed E-state index contributed by atoms with van der Waals surface area (Å²) in [4.78, 5) is 35.6. The second kappa shape index (κ2) is 11.0. The number of aromatic nitrogens is 1. The molecule has 1 unspecified atom stereocenters. The third kappa shape index (κ3) is 5.50. The van der Waals surface area contributed by atoms with Crippen molar-refractivity contribution in [3.63, 3.8) is 0 Å². The van der Waals surface area contributed by atoms with Gasteiger partial charge in [-0.2, -0.15) is 0 Å². The van der Waals surface area contributed by atoms with Gasteiger partial charge in [-0.05, 0) is 72.6 Å². The summed E-state index contributed by atoms with van der Waals surface area (Å²) in [6, 6.07) is 3.87. The van der Waals surface area contributed by atoms with Gasteiger partial charge in [-0.25, -0.2) is 0 Å². The Morgan fingerprint density at radius 2 is 2.06 bits per heavy atom. The smallest absolute Gasteiger partial charge is 0.264 e. The van der Waals surface area contributed by atoms with Crippen LogP contribution in [0, 0.1) is 5.92 Å². The van der Waals surface area contributed by atoms with Gasteiger partial charge in [0.1, 0.15) is 6.54 Å². The van der Waals surface area contributed by atoms with Gasteiger partial charge in [-0.15, -0.1) is 11.3 Å². The molecule has 2 aliphatic heterocycles. The Morgan fingerprint density at radius 3 is 2.88 bits per heavy atom. The van der Waals surface area contributed by atoms with Gasteiger partial charge >= 0.3 is 0 Å². The van der Waals surface area contributed by atoms with Crippen LogP contribution in [-0.4, -0.2) is 72.1 Å². The predicted molar refractivity (Wildman–Crippen MR) is 130 cm³/mol. The van der Waals surface area contributed by atoms with Crippen molar-refractivity contribution in [2.75, 3.05) is 39.4 Å². The van der Waals surface area contributed by atoms with Crippen LogP contribution in [-0.2, 0) is 33.7 Å². The van der Waals surface area contributed by atoms with Crippen molar-refractivity contribution in [2.45, 2.75) is 51.2 Å². The van der Waals surface area contributed by atoms with Crippen molar-refractivity contribution in [3.05, 3.63) is 51.5 Å². The minimum atomic E-state index is -0.244. The Hall–Kier alpha value is -2.29. The van der Waals surface area contributed by atoms with Gasteiger partial charge in [0, 0.05) is 45.2 Å². The first-order chi connectivity index (χ1) is 16.7. The Morgan fingerprint density at radius 1 is 1.21 bits per heavy atom. The van der Waals surface area contributed by atoms with Crippen LogP contribution >= 0.6 is 11.3 Å². The second-order valence-corrected chi connectivity index (χ2v) is 10.5. The summed E-state index contributed by atoms with van der Waals surface area (Å²) < 4.78 is 11.8. The van der Waals surface area contributed by atoms with E-state index in [1.54, 1.807) is 17.3 Å². The van der Waals surface area contributed by atoms with Gasteiger partial charge in [0.05, 0.1) is 17.6 Å². The molecular weight excluding hydrogens is 450 g/mol. The molecule has 0 spiro atoms. The monoisotopic (exact) mass is 483 g/mol. The van der Waals surface area contributed by atoms with Crippen LogP contribution < -0.4 is 0 Å². The molecule has 7 nitrogen and oxygen atoms in total. The first kappa shape index (κ1) is 23.5. The number of rotatable bonds is 6. The molecule has 34 heavy (non-hydrogen) atoms. The molecule has 2 amide bonds. The van der Waals surface area contributed by atoms with Crippen LogP contribution in [0.3, 0.4) is 0 Å². The fourth-order valence-corrected chi connectivity index (χ4v) is 6.32. The standard InChI is InChI=1S/C26H33N3O4S/c30-24-16-29(26(31)25-23-6-2-1-5-21(23)18-34-25)15-22(33-17-20-4-3-9-27-12-20)14-28(24)13-19-7-10-32-11-8-19/h3-4,9,12,18-19,22H,1-2,5-8,10-11,13-17H2. The molecule has 2 saturated heterocycles. The number of amides is 2. The zero-order valence-electron chi connectivity index (χ0n) is 19.6. The van der Waals surface area contributed by atoms with Crippen molar-refractivity contribution in [2.24, 2.45) is 5.92 Å². The van der Waals surface area contributed by atoms with Crippen molar-refractivity contribution in [1.29, 1.82) is 0 Å². The summed E-state index contributed by atoms with van der Waals surface area (Å²) in [5.41, 5.74) is 3.50. The Balaban J connectivity index is 1.33. The summed E-state index contributed by atoms with van der Waals surface area (Å²) >= 11 is 1.54. The van der Waals surface area contributed by atoms with Crippen molar-refractivity contribution in [1.82, 2.24) is 14.8 Å². The van der Waals surface area contributed by atoms with E-state index in [9.17, 15) is 9.59 Å². The van der Waals surface area contributed by atoms with Gasteiger partial charge in [0.15, 0.2) is 0 Å². The van der Waals surface area contributed by atoms with E-state index >= 15 is 0 Å². The molecule has 2 aromatic heterocycles. The van der Waals surface area contributed by atoms with Crippen LogP contribution in [0.5, 0.6) is 0 Å². The molecule has 0 N–H and O–H groups in total. The summed E-state index contributed by atoms with van der Waals surface area (Å²) in [5.74, 6) is 0.422. The maximum absolute atomic E-state index is 13.6. The second-order valence-electron chi connectivity index (χ2n) is 9.61. The average molecular weight is 484 g/mol. The number of ether oxygens (including phenoxy) is 2. The van der Waals surface area contributed by atoms with E-state index in [1.165, 1.54) is 28.9 Å². The molecule has 4 heterocycles. The SMILES string of the molecule is O=C1CN(C(=O)c2scc3c2CCCC3)CC(OCc2cccnc2)CN1CC1CCOCC1. The van der Waals surface area contributed by atoms with Gasteiger partial charge in [-0.3, -0.25) is 14.6 Å². The Bertz CT molecular complexity index is 989. The van der Waals surface area contributed by atoms with Crippen LogP contribution in [0.4, 0.5) is 0 Å². The minimum Gasteiger partial charge on any atom is -0.381 e. The molecule has 1 atom stereocenters. The van der Waals surface area contributed by atoms with Crippen molar-refractivity contribution in [3.8, 4) is 0 Å². The van der Waals surface area contributed by atoms with Crippen molar-refractivity contribution < 1.29 is 19.1 Å². The predicted octanol–water partition coefficient (Wildman–Crippen LogP) is 3.32. The molecule has 1 aliphatic carbocycles. The van der Waals surface area contributed by atoms with E-state index in [2.05, 4.69) is 10.4 Å². The van der Waals surface area contributed by atoms with Crippen LogP contribution in [0.1, 0.15) is 52.0 Å². The lowest BCUT2D eigenvalue weighted by molar-refractivity contribution is -0.132. The number of pyridine rings is 1. The number of carbonyl (C=O) groups is 2. The highest BCUT2D eigenvalue weighted by atomic mass is 32.1. The summed E-state index contributed by atoms with van der Waals surface area (Å²) in [6.07, 6.45) is 9.54. The average Bonchev–Trinajstić information content (AvgIpc) is 3.24. The van der Waals surface area contributed by atoms with Crippen LogP contribution in [0.25, 0.3) is 0 Å². The molecule has 8 heteroatoms. The van der Waals surface area contributed by atoms with Gasteiger partial charge in [0.2, 0.25) is 5.91 Å². The molecule has 0 aromatic carbocycles. The number of hydrogen-bond acceptors (Lipinski definition) is 6. The molecule has 2 fully saturated rings. The van der Waals surface area contributed by atoms with E-state index in [-0.39, 0.29) is 24.5 Å². The topological polar surface area (TPSA) is 72.0 Å². The van der Waals surface area contributed by atoms with Gasteiger partial charge in [0.25, 0.3) is 5.91 Å². The molecule has 182 valence electrons. The molecule has 0 saturated carbocycles. The quantitative estimate of drug-likeness (QED) is 0.630. The number of fused-ring (bicyclic) bond motifs is 1. The zero-order chi connectivity index (χ0) is 23.3. The minimum absolute atomic E-state index is 0.0118. The number of thiophene rings is 1.